The summed E-state index contributed by atoms with van der Waals surface area (Å²) in [4.78, 5) is 12.2. The van der Waals surface area contributed by atoms with Crippen molar-refractivity contribution in [2.24, 2.45) is 5.92 Å². The van der Waals surface area contributed by atoms with E-state index in [1.807, 2.05) is 26.8 Å². The number of ether oxygens (including phenoxy) is 1. The molecule has 0 unspecified atom stereocenters. The normalized spacial score (nSPS) is 17.1. The number of rotatable bonds is 5. The highest BCUT2D eigenvalue weighted by molar-refractivity contribution is 5.80. The van der Waals surface area contributed by atoms with E-state index in [2.05, 4.69) is 18.3 Å². The molecule has 3 heteroatoms. The average Bonchev–Trinajstić information content (AvgIpc) is 2.50. The molecule has 22 heavy (non-hydrogen) atoms. The topological polar surface area (TPSA) is 38.3 Å². The van der Waals surface area contributed by atoms with Gasteiger partial charge in [0.15, 0.2) is 6.10 Å². The lowest BCUT2D eigenvalue weighted by atomic mass is 9.89. The summed E-state index contributed by atoms with van der Waals surface area (Å²) < 4.78 is 5.90. The van der Waals surface area contributed by atoms with Gasteiger partial charge in [-0.05, 0) is 69.2 Å². The van der Waals surface area contributed by atoms with Gasteiger partial charge in [0.05, 0.1) is 0 Å². The minimum atomic E-state index is -0.455. The van der Waals surface area contributed by atoms with E-state index in [1.54, 1.807) is 0 Å². The van der Waals surface area contributed by atoms with Crippen LogP contribution < -0.4 is 10.1 Å². The van der Waals surface area contributed by atoms with Gasteiger partial charge in [-0.25, -0.2) is 0 Å². The van der Waals surface area contributed by atoms with Crippen LogP contribution in [0.1, 0.15) is 55.7 Å². The maximum absolute atomic E-state index is 12.2. The molecule has 0 aromatic heterocycles. The van der Waals surface area contributed by atoms with E-state index >= 15 is 0 Å². The highest BCUT2D eigenvalue weighted by Gasteiger charge is 2.19. The van der Waals surface area contributed by atoms with E-state index in [4.69, 9.17) is 4.74 Å². The van der Waals surface area contributed by atoms with Gasteiger partial charge in [0, 0.05) is 6.54 Å². The second-order valence-corrected chi connectivity index (χ2v) is 6.71. The lowest BCUT2D eigenvalue weighted by Crippen LogP contribution is -2.39. The van der Waals surface area contributed by atoms with Crippen LogP contribution in [-0.2, 0) is 4.79 Å². The van der Waals surface area contributed by atoms with E-state index in [9.17, 15) is 4.79 Å². The Kier molecular flexibility index (Phi) is 5.87. The van der Waals surface area contributed by atoms with Crippen LogP contribution in [-0.4, -0.2) is 18.6 Å². The third-order valence-electron chi connectivity index (χ3n) is 4.73. The molecule has 1 aliphatic rings. The third kappa shape index (κ3) is 4.49. The van der Waals surface area contributed by atoms with Crippen LogP contribution in [0.3, 0.4) is 0 Å². The Hall–Kier alpha value is -1.51. The molecule has 1 atom stereocenters. The van der Waals surface area contributed by atoms with Gasteiger partial charge in [0.1, 0.15) is 5.75 Å². The summed E-state index contributed by atoms with van der Waals surface area (Å²) in [5, 5.41) is 3.06. The van der Waals surface area contributed by atoms with E-state index in [0.29, 0.717) is 5.92 Å². The predicted octanol–water partition coefficient (Wildman–Crippen LogP) is 4.08. The number of aryl methyl sites for hydroxylation is 2. The molecule has 1 aliphatic carbocycles. The SMILES string of the molecule is Cc1cc(C)c(C)c(O[C@@H](C)C(=O)NCC2CCCCC2)c1. The van der Waals surface area contributed by atoms with Gasteiger partial charge in [0.25, 0.3) is 5.91 Å². The molecule has 0 heterocycles. The first-order valence-electron chi connectivity index (χ1n) is 8.49. The second-order valence-electron chi connectivity index (χ2n) is 6.71. The number of benzene rings is 1. The fourth-order valence-corrected chi connectivity index (χ4v) is 3.15. The molecule has 0 bridgehead atoms. The van der Waals surface area contributed by atoms with Gasteiger partial charge in [-0.3, -0.25) is 4.79 Å². The molecule has 0 saturated heterocycles. The van der Waals surface area contributed by atoms with Crippen molar-refractivity contribution < 1.29 is 9.53 Å². The van der Waals surface area contributed by atoms with Crippen LogP contribution in [0, 0.1) is 26.7 Å². The minimum Gasteiger partial charge on any atom is -0.481 e. The van der Waals surface area contributed by atoms with Crippen molar-refractivity contribution in [2.75, 3.05) is 6.54 Å². The van der Waals surface area contributed by atoms with Crippen molar-refractivity contribution >= 4 is 5.91 Å². The van der Waals surface area contributed by atoms with E-state index in [-0.39, 0.29) is 5.91 Å². The van der Waals surface area contributed by atoms with Crippen molar-refractivity contribution in [2.45, 2.75) is 65.9 Å². The van der Waals surface area contributed by atoms with Crippen molar-refractivity contribution in [3.8, 4) is 5.75 Å². The molecule has 0 aliphatic heterocycles. The number of carbonyl (C=O) groups is 1. The Balaban J connectivity index is 1.88. The molecule has 0 radical (unpaired) electrons. The maximum atomic E-state index is 12.2. The van der Waals surface area contributed by atoms with Crippen molar-refractivity contribution in [3.63, 3.8) is 0 Å². The molecule has 2 rings (SSSR count). The number of hydrogen-bond donors (Lipinski definition) is 1. The quantitative estimate of drug-likeness (QED) is 0.890. The Morgan fingerprint density at radius 3 is 2.59 bits per heavy atom. The van der Waals surface area contributed by atoms with E-state index in [0.717, 1.165) is 23.4 Å². The zero-order valence-corrected chi connectivity index (χ0v) is 14.4. The molecule has 1 fully saturated rings. The van der Waals surface area contributed by atoms with Crippen LogP contribution >= 0.6 is 0 Å². The standard InChI is InChI=1S/C19H29NO2/c1-13-10-14(2)15(3)18(11-13)22-16(4)19(21)20-12-17-8-6-5-7-9-17/h10-11,16-17H,5-9,12H2,1-4H3,(H,20,21)/t16-/m0/s1. The van der Waals surface area contributed by atoms with Crippen LogP contribution in [0.2, 0.25) is 0 Å². The van der Waals surface area contributed by atoms with Crippen LogP contribution in [0.4, 0.5) is 0 Å². The fourth-order valence-electron chi connectivity index (χ4n) is 3.15. The molecule has 1 aromatic rings. The molecule has 122 valence electrons. The highest BCUT2D eigenvalue weighted by atomic mass is 16.5. The number of amides is 1. The number of carbonyl (C=O) groups excluding carboxylic acids is 1. The van der Waals surface area contributed by atoms with Crippen molar-refractivity contribution in [1.82, 2.24) is 5.32 Å². The van der Waals surface area contributed by atoms with Gasteiger partial charge in [-0.2, -0.15) is 0 Å². The molecule has 1 amide bonds. The Labute approximate surface area is 134 Å². The predicted molar refractivity (Wildman–Crippen MR) is 90.3 cm³/mol. The summed E-state index contributed by atoms with van der Waals surface area (Å²) in [5.74, 6) is 1.45. The molecule has 0 spiro atoms. The van der Waals surface area contributed by atoms with E-state index in [1.165, 1.54) is 37.7 Å². The van der Waals surface area contributed by atoms with Crippen LogP contribution in [0.25, 0.3) is 0 Å². The second kappa shape index (κ2) is 7.66. The smallest absolute Gasteiger partial charge is 0.260 e. The van der Waals surface area contributed by atoms with Crippen molar-refractivity contribution in [1.29, 1.82) is 0 Å². The molecular weight excluding hydrogens is 274 g/mol. The lowest BCUT2D eigenvalue weighted by Gasteiger charge is -2.23. The zero-order valence-electron chi connectivity index (χ0n) is 14.4. The molecule has 1 N–H and O–H groups in total. The van der Waals surface area contributed by atoms with Gasteiger partial charge in [-0.1, -0.05) is 25.3 Å². The largest absolute Gasteiger partial charge is 0.481 e. The van der Waals surface area contributed by atoms with Crippen LogP contribution in [0.5, 0.6) is 5.75 Å². The maximum Gasteiger partial charge on any atom is 0.260 e. The summed E-state index contributed by atoms with van der Waals surface area (Å²) in [6.07, 6.45) is 5.97. The molecule has 3 nitrogen and oxygen atoms in total. The lowest BCUT2D eigenvalue weighted by molar-refractivity contribution is -0.127. The summed E-state index contributed by atoms with van der Waals surface area (Å²) in [7, 11) is 0. The molecule has 1 aromatic carbocycles. The van der Waals surface area contributed by atoms with Gasteiger partial charge in [-0.15, -0.1) is 0 Å². The summed E-state index contributed by atoms with van der Waals surface area (Å²) in [6.45, 7) is 8.78. The summed E-state index contributed by atoms with van der Waals surface area (Å²) >= 11 is 0. The van der Waals surface area contributed by atoms with Gasteiger partial charge >= 0.3 is 0 Å². The minimum absolute atomic E-state index is 0.0101. The average molecular weight is 303 g/mol. The number of nitrogens with one attached hydrogen (secondary N) is 1. The first-order chi connectivity index (χ1) is 10.5. The first-order valence-corrected chi connectivity index (χ1v) is 8.49. The first kappa shape index (κ1) is 16.9. The fraction of sp³-hybridized carbons (Fsp3) is 0.632. The molecular formula is C19H29NO2. The zero-order chi connectivity index (χ0) is 16.1. The monoisotopic (exact) mass is 303 g/mol. The van der Waals surface area contributed by atoms with E-state index < -0.39 is 6.10 Å². The Morgan fingerprint density at radius 1 is 1.23 bits per heavy atom. The third-order valence-corrected chi connectivity index (χ3v) is 4.73. The van der Waals surface area contributed by atoms with Gasteiger partial charge in [0.2, 0.25) is 0 Å². The van der Waals surface area contributed by atoms with Crippen LogP contribution in [0.15, 0.2) is 12.1 Å². The summed E-state index contributed by atoms with van der Waals surface area (Å²) in [5.41, 5.74) is 3.47. The Morgan fingerprint density at radius 2 is 1.91 bits per heavy atom. The van der Waals surface area contributed by atoms with Gasteiger partial charge < -0.3 is 10.1 Å². The van der Waals surface area contributed by atoms with Crippen molar-refractivity contribution in [3.05, 3.63) is 28.8 Å². The highest BCUT2D eigenvalue weighted by Crippen LogP contribution is 2.25. The summed E-state index contributed by atoms with van der Waals surface area (Å²) in [6, 6.07) is 4.14. The Bertz CT molecular complexity index is 518. The molecule has 1 saturated carbocycles. The number of hydrogen-bond acceptors (Lipinski definition) is 2.